The van der Waals surface area contributed by atoms with Crippen LogP contribution in [-0.2, 0) is 4.74 Å². The van der Waals surface area contributed by atoms with Crippen LogP contribution in [0, 0.1) is 5.92 Å². The fraction of sp³-hybridized carbons (Fsp3) is 0.917. The molecule has 100 valence electrons. The van der Waals surface area contributed by atoms with Crippen LogP contribution in [0.3, 0.4) is 0 Å². The van der Waals surface area contributed by atoms with E-state index in [0.29, 0.717) is 0 Å². The van der Waals surface area contributed by atoms with Crippen molar-refractivity contribution in [2.24, 2.45) is 16.8 Å². The third-order valence-corrected chi connectivity index (χ3v) is 3.12. The monoisotopic (exact) mass is 242 g/mol. The highest BCUT2D eigenvalue weighted by Crippen LogP contribution is 2.15. The number of piperidine rings is 1. The molecule has 1 aliphatic rings. The van der Waals surface area contributed by atoms with Crippen LogP contribution in [0.1, 0.15) is 33.1 Å². The lowest BCUT2D eigenvalue weighted by molar-refractivity contribution is 0.146. The Bertz CT molecular complexity index is 225. The van der Waals surface area contributed by atoms with Crippen molar-refractivity contribution >= 4 is 5.96 Å². The van der Waals surface area contributed by atoms with Crippen LogP contribution in [0.2, 0.25) is 0 Å². The molecule has 0 saturated carbocycles. The van der Waals surface area contributed by atoms with E-state index in [4.69, 9.17) is 10.6 Å². The molecule has 0 spiro atoms. The average Bonchev–Trinajstić information content (AvgIpc) is 2.35. The Labute approximate surface area is 104 Å². The summed E-state index contributed by atoms with van der Waals surface area (Å²) in [6.45, 7) is 8.72. The molecule has 0 aromatic rings. The summed E-state index contributed by atoms with van der Waals surface area (Å²) in [6.07, 6.45) is 3.39. The quantitative estimate of drug-likeness (QED) is 0.248. The van der Waals surface area contributed by atoms with Gasteiger partial charge in [-0.25, -0.2) is 5.84 Å². The normalized spacial score (nSPS) is 18.5. The molecule has 0 atom stereocenters. The van der Waals surface area contributed by atoms with E-state index in [1.807, 2.05) is 6.92 Å². The molecule has 1 rings (SSSR count). The topological polar surface area (TPSA) is 62.9 Å². The first-order chi connectivity index (χ1) is 8.27. The summed E-state index contributed by atoms with van der Waals surface area (Å²) in [7, 11) is 0. The second-order valence-corrected chi connectivity index (χ2v) is 4.57. The molecule has 5 nitrogen and oxygen atoms in total. The number of ether oxygens (including phenoxy) is 1. The number of nitrogens with zero attached hydrogens (tertiary/aromatic N) is 2. The molecule has 0 amide bonds. The predicted molar refractivity (Wildman–Crippen MR) is 70.7 cm³/mol. The van der Waals surface area contributed by atoms with E-state index >= 15 is 0 Å². The van der Waals surface area contributed by atoms with Gasteiger partial charge >= 0.3 is 0 Å². The van der Waals surface area contributed by atoms with Gasteiger partial charge in [-0.15, -0.1) is 0 Å². The number of likely N-dealkylation sites (tertiary alicyclic amines) is 1. The number of rotatable bonds is 5. The molecule has 5 heteroatoms. The number of guanidine groups is 1. The van der Waals surface area contributed by atoms with Crippen molar-refractivity contribution in [2.45, 2.75) is 33.1 Å². The van der Waals surface area contributed by atoms with Gasteiger partial charge in [-0.2, -0.15) is 0 Å². The first kappa shape index (κ1) is 14.3. The SMILES string of the molecule is CCOCCCN=C(NN)N1CCC(C)CC1. The molecule has 0 aromatic carbocycles. The number of hydrogen-bond acceptors (Lipinski definition) is 3. The maximum Gasteiger partial charge on any atom is 0.208 e. The van der Waals surface area contributed by atoms with Crippen LogP contribution in [0.4, 0.5) is 0 Å². The van der Waals surface area contributed by atoms with Gasteiger partial charge < -0.3 is 9.64 Å². The van der Waals surface area contributed by atoms with Gasteiger partial charge in [0.05, 0.1) is 0 Å². The zero-order chi connectivity index (χ0) is 12.5. The molecule has 1 aliphatic heterocycles. The van der Waals surface area contributed by atoms with Gasteiger partial charge in [-0.1, -0.05) is 6.92 Å². The maximum atomic E-state index is 5.53. The molecule has 0 bridgehead atoms. The third-order valence-electron chi connectivity index (χ3n) is 3.12. The van der Waals surface area contributed by atoms with Crippen molar-refractivity contribution in [3.63, 3.8) is 0 Å². The summed E-state index contributed by atoms with van der Waals surface area (Å²) in [5.74, 6) is 7.18. The smallest absolute Gasteiger partial charge is 0.208 e. The highest BCUT2D eigenvalue weighted by Gasteiger charge is 2.17. The molecule has 17 heavy (non-hydrogen) atoms. The highest BCUT2D eigenvalue weighted by atomic mass is 16.5. The van der Waals surface area contributed by atoms with Crippen molar-refractivity contribution in [1.29, 1.82) is 0 Å². The van der Waals surface area contributed by atoms with Crippen molar-refractivity contribution in [3.8, 4) is 0 Å². The summed E-state index contributed by atoms with van der Waals surface area (Å²) in [5.41, 5.74) is 2.71. The number of nitrogens with one attached hydrogen (secondary N) is 1. The summed E-state index contributed by atoms with van der Waals surface area (Å²) < 4.78 is 5.27. The van der Waals surface area contributed by atoms with Crippen LogP contribution >= 0.6 is 0 Å². The van der Waals surface area contributed by atoms with Crippen molar-refractivity contribution in [3.05, 3.63) is 0 Å². The van der Waals surface area contributed by atoms with E-state index < -0.39 is 0 Å². The largest absolute Gasteiger partial charge is 0.382 e. The van der Waals surface area contributed by atoms with Gasteiger partial charge in [0.2, 0.25) is 5.96 Å². The van der Waals surface area contributed by atoms with Gasteiger partial charge in [0.15, 0.2) is 0 Å². The number of aliphatic imine (C=N–C) groups is 1. The zero-order valence-corrected chi connectivity index (χ0v) is 11.1. The minimum Gasteiger partial charge on any atom is -0.382 e. The minimum absolute atomic E-state index is 0.769. The van der Waals surface area contributed by atoms with Crippen LogP contribution in [-0.4, -0.2) is 43.7 Å². The summed E-state index contributed by atoms with van der Waals surface area (Å²) >= 11 is 0. The predicted octanol–water partition coefficient (Wildman–Crippen LogP) is 0.964. The van der Waals surface area contributed by atoms with Crippen molar-refractivity contribution in [1.82, 2.24) is 10.3 Å². The first-order valence-electron chi connectivity index (χ1n) is 6.61. The lowest BCUT2D eigenvalue weighted by Gasteiger charge is -2.32. The van der Waals surface area contributed by atoms with Gasteiger partial charge in [-0.05, 0) is 32.1 Å². The molecule has 1 fully saturated rings. The molecule has 0 unspecified atom stereocenters. The minimum atomic E-state index is 0.769. The molecule has 0 aliphatic carbocycles. The van der Waals surface area contributed by atoms with Gasteiger partial charge in [-0.3, -0.25) is 10.4 Å². The lowest BCUT2D eigenvalue weighted by atomic mass is 10.00. The van der Waals surface area contributed by atoms with E-state index in [9.17, 15) is 0 Å². The summed E-state index contributed by atoms with van der Waals surface area (Å²) in [6, 6.07) is 0. The summed E-state index contributed by atoms with van der Waals surface area (Å²) in [4.78, 5) is 6.73. The molecular weight excluding hydrogens is 216 g/mol. The van der Waals surface area contributed by atoms with E-state index in [0.717, 1.165) is 51.1 Å². The Hall–Kier alpha value is -0.810. The van der Waals surface area contributed by atoms with Gasteiger partial charge in [0, 0.05) is 32.8 Å². The van der Waals surface area contributed by atoms with Crippen LogP contribution in [0.15, 0.2) is 4.99 Å². The second kappa shape index (κ2) is 8.31. The number of nitrogens with two attached hydrogens (primary N) is 1. The average molecular weight is 242 g/mol. The summed E-state index contributed by atoms with van der Waals surface area (Å²) in [5, 5.41) is 0. The second-order valence-electron chi connectivity index (χ2n) is 4.57. The molecule has 1 heterocycles. The maximum absolute atomic E-state index is 5.53. The van der Waals surface area contributed by atoms with Crippen LogP contribution in [0.25, 0.3) is 0 Å². The Morgan fingerprint density at radius 3 is 2.76 bits per heavy atom. The molecule has 3 N–H and O–H groups in total. The molecular formula is C12H26N4O. The van der Waals surface area contributed by atoms with Crippen LogP contribution < -0.4 is 11.3 Å². The Kier molecular flexibility index (Phi) is 6.96. The Morgan fingerprint density at radius 1 is 1.47 bits per heavy atom. The van der Waals surface area contributed by atoms with E-state index in [1.165, 1.54) is 12.8 Å². The molecule has 0 radical (unpaired) electrons. The van der Waals surface area contributed by atoms with Gasteiger partial charge in [0.1, 0.15) is 0 Å². The molecule has 0 aromatic heterocycles. The van der Waals surface area contributed by atoms with Crippen LogP contribution in [0.5, 0.6) is 0 Å². The Balaban J connectivity index is 2.28. The number of hydrazine groups is 1. The Morgan fingerprint density at radius 2 is 2.18 bits per heavy atom. The van der Waals surface area contributed by atoms with E-state index in [2.05, 4.69) is 22.2 Å². The molecule has 1 saturated heterocycles. The highest BCUT2D eigenvalue weighted by molar-refractivity contribution is 5.79. The third kappa shape index (κ3) is 5.37. The van der Waals surface area contributed by atoms with Gasteiger partial charge in [0.25, 0.3) is 0 Å². The van der Waals surface area contributed by atoms with E-state index in [1.54, 1.807) is 0 Å². The fourth-order valence-corrected chi connectivity index (χ4v) is 1.95. The lowest BCUT2D eigenvalue weighted by Crippen LogP contribution is -2.48. The standard InChI is InChI=1S/C12H26N4O/c1-3-17-10-4-7-14-12(15-13)16-8-5-11(2)6-9-16/h11H,3-10,13H2,1-2H3,(H,14,15). The van der Waals surface area contributed by atoms with Crippen molar-refractivity contribution < 1.29 is 4.74 Å². The van der Waals surface area contributed by atoms with E-state index in [-0.39, 0.29) is 0 Å². The first-order valence-corrected chi connectivity index (χ1v) is 6.61. The zero-order valence-electron chi connectivity index (χ0n) is 11.1. The number of hydrogen-bond donors (Lipinski definition) is 2. The van der Waals surface area contributed by atoms with Crippen molar-refractivity contribution in [2.75, 3.05) is 32.8 Å². The fourth-order valence-electron chi connectivity index (χ4n) is 1.95.